The van der Waals surface area contributed by atoms with Crippen molar-refractivity contribution in [1.29, 1.82) is 0 Å². The van der Waals surface area contributed by atoms with Gasteiger partial charge in [0, 0.05) is 18.7 Å². The summed E-state index contributed by atoms with van der Waals surface area (Å²) in [6.45, 7) is 6.94. The number of hydrogen-bond donors (Lipinski definition) is 0. The lowest BCUT2D eigenvalue weighted by Crippen LogP contribution is -2.33. The third kappa shape index (κ3) is 3.39. The lowest BCUT2D eigenvalue weighted by molar-refractivity contribution is -0.118. The molecule has 2 nitrogen and oxygen atoms in total. The van der Waals surface area contributed by atoms with E-state index in [-0.39, 0.29) is 5.91 Å². The topological polar surface area (TPSA) is 20.3 Å². The van der Waals surface area contributed by atoms with Gasteiger partial charge in [0.05, 0.1) is 0 Å². The number of hydrogen-bond acceptors (Lipinski definition) is 1. The Morgan fingerprint density at radius 3 is 2.33 bits per heavy atom. The molecule has 0 heterocycles. The van der Waals surface area contributed by atoms with Gasteiger partial charge in [-0.3, -0.25) is 4.79 Å². The molecule has 0 radical (unpaired) electrons. The molecule has 0 aliphatic heterocycles. The van der Waals surface area contributed by atoms with Crippen LogP contribution < -0.4 is 4.90 Å². The minimum atomic E-state index is 0.190. The molecule has 0 aliphatic rings. The minimum Gasteiger partial charge on any atom is -0.312 e. The molecule has 0 bridgehead atoms. The lowest BCUT2D eigenvalue weighted by atomic mass is 10.1. The molecule has 0 saturated carbocycles. The highest BCUT2D eigenvalue weighted by molar-refractivity contribution is 5.93. The molecule has 0 atom stereocenters. The third-order valence-electron chi connectivity index (χ3n) is 2.22. The van der Waals surface area contributed by atoms with Crippen LogP contribution in [0.2, 0.25) is 0 Å². The van der Waals surface area contributed by atoms with E-state index in [1.54, 1.807) is 0 Å². The molecule has 15 heavy (non-hydrogen) atoms. The van der Waals surface area contributed by atoms with Crippen LogP contribution >= 0.6 is 0 Å². The number of rotatable bonds is 4. The van der Waals surface area contributed by atoms with Crippen molar-refractivity contribution >= 4 is 11.6 Å². The molecule has 1 amide bonds. The highest BCUT2D eigenvalue weighted by Crippen LogP contribution is 2.16. The van der Waals surface area contributed by atoms with Crippen LogP contribution in [0.25, 0.3) is 0 Å². The van der Waals surface area contributed by atoms with Crippen molar-refractivity contribution in [3.63, 3.8) is 0 Å². The van der Waals surface area contributed by atoms with Gasteiger partial charge in [-0.2, -0.15) is 0 Å². The van der Waals surface area contributed by atoms with E-state index in [1.165, 1.54) is 0 Å². The zero-order valence-corrected chi connectivity index (χ0v) is 9.73. The standard InChI is InChI=1S/C13H19NO/c1-4-13(15)14(10-11(2)3)12-8-6-5-7-9-12/h5-9,11H,4,10H2,1-3H3. The molecule has 0 N–H and O–H groups in total. The predicted molar refractivity (Wildman–Crippen MR) is 63.9 cm³/mol. The molecule has 0 spiro atoms. The van der Waals surface area contributed by atoms with Crippen molar-refractivity contribution in [1.82, 2.24) is 0 Å². The highest BCUT2D eigenvalue weighted by atomic mass is 16.2. The number of nitrogens with zero attached hydrogens (tertiary/aromatic N) is 1. The normalized spacial score (nSPS) is 10.4. The van der Waals surface area contributed by atoms with E-state index >= 15 is 0 Å². The molecule has 1 rings (SSSR count). The first-order valence-electron chi connectivity index (χ1n) is 5.50. The predicted octanol–water partition coefficient (Wildman–Crippen LogP) is 3.09. The van der Waals surface area contributed by atoms with Crippen molar-refractivity contribution < 1.29 is 4.79 Å². The molecule has 0 aromatic heterocycles. The lowest BCUT2D eigenvalue weighted by Gasteiger charge is -2.24. The van der Waals surface area contributed by atoms with Crippen LogP contribution in [0.3, 0.4) is 0 Å². The summed E-state index contributed by atoms with van der Waals surface area (Å²) in [6.07, 6.45) is 0.557. The van der Waals surface area contributed by atoms with Crippen LogP contribution in [0.5, 0.6) is 0 Å². The van der Waals surface area contributed by atoms with Crippen LogP contribution in [-0.4, -0.2) is 12.5 Å². The Balaban J connectivity index is 2.86. The van der Waals surface area contributed by atoms with Gasteiger partial charge in [-0.15, -0.1) is 0 Å². The Kier molecular flexibility index (Phi) is 4.35. The Bertz CT molecular complexity index is 306. The van der Waals surface area contributed by atoms with E-state index in [2.05, 4.69) is 13.8 Å². The summed E-state index contributed by atoms with van der Waals surface area (Å²) in [5, 5.41) is 0. The Morgan fingerprint density at radius 2 is 1.87 bits per heavy atom. The molecule has 82 valence electrons. The second-order valence-electron chi connectivity index (χ2n) is 4.09. The van der Waals surface area contributed by atoms with Gasteiger partial charge in [-0.1, -0.05) is 39.0 Å². The summed E-state index contributed by atoms with van der Waals surface area (Å²) < 4.78 is 0. The maximum absolute atomic E-state index is 11.8. The Hall–Kier alpha value is -1.31. The van der Waals surface area contributed by atoms with Crippen LogP contribution in [0.4, 0.5) is 5.69 Å². The largest absolute Gasteiger partial charge is 0.312 e. The quantitative estimate of drug-likeness (QED) is 0.739. The number of carbonyl (C=O) groups is 1. The first-order chi connectivity index (χ1) is 7.15. The number of amides is 1. The summed E-state index contributed by atoms with van der Waals surface area (Å²) in [6, 6.07) is 9.86. The summed E-state index contributed by atoms with van der Waals surface area (Å²) in [7, 11) is 0. The molecule has 1 aromatic carbocycles. The molecule has 0 aliphatic carbocycles. The van der Waals surface area contributed by atoms with Crippen molar-refractivity contribution in [2.24, 2.45) is 5.92 Å². The van der Waals surface area contributed by atoms with Gasteiger partial charge >= 0.3 is 0 Å². The second kappa shape index (κ2) is 5.54. The fourth-order valence-electron chi connectivity index (χ4n) is 1.52. The summed E-state index contributed by atoms with van der Waals surface area (Å²) in [5.41, 5.74) is 0.998. The monoisotopic (exact) mass is 205 g/mol. The van der Waals surface area contributed by atoms with Crippen LogP contribution in [0.15, 0.2) is 30.3 Å². The Labute approximate surface area is 91.9 Å². The molecule has 0 fully saturated rings. The van der Waals surface area contributed by atoms with Gasteiger partial charge in [-0.05, 0) is 18.1 Å². The molecule has 0 unspecified atom stereocenters. The van der Waals surface area contributed by atoms with Gasteiger partial charge in [0.2, 0.25) is 5.91 Å². The van der Waals surface area contributed by atoms with Gasteiger partial charge in [-0.25, -0.2) is 0 Å². The number of anilines is 1. The van der Waals surface area contributed by atoms with E-state index in [1.807, 2.05) is 42.2 Å². The fraction of sp³-hybridized carbons (Fsp3) is 0.462. The highest BCUT2D eigenvalue weighted by Gasteiger charge is 2.14. The molecule has 0 saturated heterocycles. The zero-order chi connectivity index (χ0) is 11.3. The van der Waals surface area contributed by atoms with Crippen LogP contribution in [-0.2, 0) is 4.79 Å². The van der Waals surface area contributed by atoms with E-state index in [0.717, 1.165) is 12.2 Å². The maximum atomic E-state index is 11.8. The minimum absolute atomic E-state index is 0.190. The average molecular weight is 205 g/mol. The van der Waals surface area contributed by atoms with Crippen molar-refractivity contribution in [2.45, 2.75) is 27.2 Å². The smallest absolute Gasteiger partial charge is 0.226 e. The second-order valence-corrected chi connectivity index (χ2v) is 4.09. The van der Waals surface area contributed by atoms with Crippen molar-refractivity contribution in [2.75, 3.05) is 11.4 Å². The van der Waals surface area contributed by atoms with Crippen LogP contribution in [0.1, 0.15) is 27.2 Å². The molecule has 1 aromatic rings. The maximum Gasteiger partial charge on any atom is 0.226 e. The van der Waals surface area contributed by atoms with Gasteiger partial charge in [0.25, 0.3) is 0 Å². The summed E-state index contributed by atoms with van der Waals surface area (Å²) >= 11 is 0. The first-order valence-corrected chi connectivity index (χ1v) is 5.50. The van der Waals surface area contributed by atoms with Gasteiger partial charge in [0.1, 0.15) is 0 Å². The van der Waals surface area contributed by atoms with Crippen molar-refractivity contribution in [3.8, 4) is 0 Å². The summed E-state index contributed by atoms with van der Waals surface area (Å²) in [5.74, 6) is 0.676. The number of carbonyl (C=O) groups excluding carboxylic acids is 1. The Morgan fingerprint density at radius 1 is 1.27 bits per heavy atom. The number of benzene rings is 1. The average Bonchev–Trinajstić information content (AvgIpc) is 2.26. The zero-order valence-electron chi connectivity index (χ0n) is 9.73. The van der Waals surface area contributed by atoms with Gasteiger partial charge in [0.15, 0.2) is 0 Å². The van der Waals surface area contributed by atoms with E-state index in [4.69, 9.17) is 0 Å². The summed E-state index contributed by atoms with van der Waals surface area (Å²) in [4.78, 5) is 13.6. The van der Waals surface area contributed by atoms with Crippen LogP contribution in [0, 0.1) is 5.92 Å². The fourth-order valence-corrected chi connectivity index (χ4v) is 1.52. The van der Waals surface area contributed by atoms with Gasteiger partial charge < -0.3 is 4.90 Å². The van der Waals surface area contributed by atoms with E-state index in [0.29, 0.717) is 12.3 Å². The van der Waals surface area contributed by atoms with Crippen molar-refractivity contribution in [3.05, 3.63) is 30.3 Å². The molecular weight excluding hydrogens is 186 g/mol. The van der Waals surface area contributed by atoms with E-state index in [9.17, 15) is 4.79 Å². The first kappa shape index (κ1) is 11.8. The molecular formula is C13H19NO. The number of para-hydroxylation sites is 1. The van der Waals surface area contributed by atoms with E-state index < -0.39 is 0 Å². The third-order valence-corrected chi connectivity index (χ3v) is 2.22. The molecule has 2 heteroatoms. The SMILES string of the molecule is CCC(=O)N(CC(C)C)c1ccccc1.